The zero-order valence-corrected chi connectivity index (χ0v) is 21.7. The Kier molecular flexibility index (Phi) is 6.66. The van der Waals surface area contributed by atoms with Crippen LogP contribution in [0.5, 0.6) is 0 Å². The molecule has 5 rings (SSSR count). The van der Waals surface area contributed by atoms with Gasteiger partial charge in [0.15, 0.2) is 18.3 Å². The van der Waals surface area contributed by atoms with Crippen LogP contribution in [0.25, 0.3) is 11.0 Å². The van der Waals surface area contributed by atoms with Crippen LogP contribution in [0.2, 0.25) is 0 Å². The van der Waals surface area contributed by atoms with Gasteiger partial charge in [-0.3, -0.25) is 14.5 Å². The number of fused-ring (bicyclic) bond motifs is 2. The number of β-lactam (4-membered cyclic amide) rings is 1. The van der Waals surface area contributed by atoms with Gasteiger partial charge in [-0.15, -0.1) is 11.8 Å². The van der Waals surface area contributed by atoms with Gasteiger partial charge in [-0.25, -0.2) is 9.59 Å². The van der Waals surface area contributed by atoms with Gasteiger partial charge < -0.3 is 35.0 Å². The van der Waals surface area contributed by atoms with E-state index in [1.54, 1.807) is 29.3 Å². The lowest BCUT2D eigenvalue weighted by Crippen LogP contribution is -2.71. The number of thioether (sulfide) groups is 1. The minimum Gasteiger partial charge on any atom is -0.478 e. The second-order valence-electron chi connectivity index (χ2n) is 9.28. The summed E-state index contributed by atoms with van der Waals surface area (Å²) in [7, 11) is 0. The number of nitrogens with zero attached hydrogens (tertiary/aromatic N) is 5. The van der Waals surface area contributed by atoms with E-state index in [0.29, 0.717) is 11.2 Å². The van der Waals surface area contributed by atoms with E-state index in [1.165, 1.54) is 25.6 Å². The number of aliphatic carboxylic acids is 2. The Morgan fingerprint density at radius 1 is 1.35 bits per heavy atom. The van der Waals surface area contributed by atoms with Gasteiger partial charge in [0.1, 0.15) is 17.1 Å². The number of furan rings is 1. The Bertz CT molecular complexity index is 1610. The molecule has 1 saturated heterocycles. The highest BCUT2D eigenvalue weighted by Crippen LogP contribution is 2.40. The Morgan fingerprint density at radius 3 is 2.80 bits per heavy atom. The number of carbonyl (C=O) groups is 4. The minimum atomic E-state index is -1.82. The number of amides is 2. The summed E-state index contributed by atoms with van der Waals surface area (Å²) in [6.45, 7) is 2.60. The molecule has 16 nitrogen and oxygen atoms in total. The minimum absolute atomic E-state index is 0.169. The van der Waals surface area contributed by atoms with Crippen LogP contribution in [-0.4, -0.2) is 77.5 Å². The number of nitrogens with one attached hydrogen (secondary N) is 1. The first-order valence-electron chi connectivity index (χ1n) is 11.6. The fourth-order valence-electron chi connectivity index (χ4n) is 3.99. The molecular weight excluding hydrogens is 550 g/mol. The van der Waals surface area contributed by atoms with Crippen LogP contribution in [0.1, 0.15) is 19.7 Å². The molecule has 0 spiro atoms. The maximum Gasteiger partial charge on any atom is 0.352 e. The summed E-state index contributed by atoms with van der Waals surface area (Å²) in [5, 5.41) is 29.0. The number of carboxylic acids is 2. The number of aromatic nitrogens is 3. The van der Waals surface area contributed by atoms with Crippen molar-refractivity contribution in [3.8, 4) is 0 Å². The Labute approximate surface area is 228 Å². The van der Waals surface area contributed by atoms with Crippen molar-refractivity contribution in [1.82, 2.24) is 20.4 Å². The normalized spacial score (nSPS) is 19.3. The third-order valence-corrected chi connectivity index (χ3v) is 7.45. The largest absolute Gasteiger partial charge is 0.478 e. The van der Waals surface area contributed by atoms with E-state index in [9.17, 15) is 29.4 Å². The van der Waals surface area contributed by atoms with E-state index < -0.39 is 58.3 Å². The van der Waals surface area contributed by atoms with Crippen LogP contribution in [-0.2, 0) is 30.6 Å². The molecule has 2 amide bonds. The van der Waals surface area contributed by atoms with Crippen LogP contribution in [0.4, 0.5) is 6.01 Å². The molecule has 3 aromatic heterocycles. The number of carboxylic acid groups (broad SMARTS) is 2. The number of nitrogen functional groups attached to an aromatic ring is 1. The number of anilines is 1. The van der Waals surface area contributed by atoms with Gasteiger partial charge in [-0.1, -0.05) is 10.3 Å². The van der Waals surface area contributed by atoms with E-state index in [2.05, 4.69) is 25.1 Å². The van der Waals surface area contributed by atoms with Crippen LogP contribution < -0.4 is 15.6 Å². The SMILES string of the molecule is CC(C)(ON=C(C(=O)NC1C(=O)N2C(C(=O)O)=C(C[n+]3ccc4ccoc4c3)CS[C@@H]12)c1noc(N)n1)C(=O)O. The van der Waals surface area contributed by atoms with Crippen molar-refractivity contribution in [3.63, 3.8) is 0 Å². The van der Waals surface area contributed by atoms with Gasteiger partial charge in [-0.05, 0) is 19.9 Å². The summed E-state index contributed by atoms with van der Waals surface area (Å²) in [6, 6.07) is 2.12. The second-order valence-corrected chi connectivity index (χ2v) is 10.4. The molecule has 208 valence electrons. The van der Waals surface area contributed by atoms with Crippen molar-refractivity contribution < 1.29 is 47.7 Å². The van der Waals surface area contributed by atoms with Crippen LogP contribution in [0.3, 0.4) is 0 Å². The molecule has 1 unspecified atom stereocenters. The molecule has 5 heterocycles. The zero-order chi connectivity index (χ0) is 28.8. The lowest BCUT2D eigenvalue weighted by molar-refractivity contribution is -0.688. The van der Waals surface area contributed by atoms with Gasteiger partial charge in [0.2, 0.25) is 23.3 Å². The van der Waals surface area contributed by atoms with Crippen molar-refractivity contribution >= 4 is 58.2 Å². The maximum absolute atomic E-state index is 13.1. The van der Waals surface area contributed by atoms with Crippen LogP contribution in [0.15, 0.2) is 56.2 Å². The summed E-state index contributed by atoms with van der Waals surface area (Å²) in [6.07, 6.45) is 5.06. The van der Waals surface area contributed by atoms with E-state index >= 15 is 0 Å². The molecule has 3 aromatic rings. The molecule has 0 bridgehead atoms. The van der Waals surface area contributed by atoms with Crippen molar-refractivity contribution in [2.45, 2.75) is 37.4 Å². The first-order valence-corrected chi connectivity index (χ1v) is 12.7. The van der Waals surface area contributed by atoms with Crippen molar-refractivity contribution in [2.75, 3.05) is 11.5 Å². The Hall–Kier alpha value is -4.93. The van der Waals surface area contributed by atoms with E-state index in [-0.39, 0.29) is 18.0 Å². The Balaban J connectivity index is 1.36. The molecule has 5 N–H and O–H groups in total. The highest BCUT2D eigenvalue weighted by atomic mass is 32.2. The summed E-state index contributed by atoms with van der Waals surface area (Å²) < 4.78 is 11.8. The van der Waals surface area contributed by atoms with E-state index in [1.807, 2.05) is 6.07 Å². The molecule has 40 heavy (non-hydrogen) atoms. The smallest absolute Gasteiger partial charge is 0.352 e. The van der Waals surface area contributed by atoms with Crippen molar-refractivity contribution in [2.24, 2.45) is 5.16 Å². The van der Waals surface area contributed by atoms with E-state index in [0.717, 1.165) is 10.3 Å². The molecular formula is C23H22N7O9S+. The zero-order valence-electron chi connectivity index (χ0n) is 20.9. The number of hydrogen-bond acceptors (Lipinski definition) is 12. The lowest BCUT2D eigenvalue weighted by Gasteiger charge is -2.49. The number of rotatable bonds is 9. The molecule has 0 aromatic carbocycles. The molecule has 0 saturated carbocycles. The predicted molar refractivity (Wildman–Crippen MR) is 134 cm³/mol. The molecule has 0 radical (unpaired) electrons. The summed E-state index contributed by atoms with van der Waals surface area (Å²) in [5.41, 5.74) is 3.97. The monoisotopic (exact) mass is 572 g/mol. The molecule has 2 aliphatic rings. The molecule has 1 fully saturated rings. The number of pyridine rings is 1. The van der Waals surface area contributed by atoms with Gasteiger partial charge in [-0.2, -0.15) is 9.55 Å². The highest BCUT2D eigenvalue weighted by Gasteiger charge is 2.55. The fraction of sp³-hybridized carbons (Fsp3) is 0.304. The molecule has 2 atom stereocenters. The third-order valence-electron chi connectivity index (χ3n) is 6.11. The fourth-order valence-corrected chi connectivity index (χ4v) is 5.33. The summed E-state index contributed by atoms with van der Waals surface area (Å²) in [4.78, 5) is 59.7. The van der Waals surface area contributed by atoms with Crippen molar-refractivity contribution in [3.05, 3.63) is 47.9 Å². The highest BCUT2D eigenvalue weighted by molar-refractivity contribution is 8.00. The number of nitrogens with two attached hydrogens (primary N) is 1. The van der Waals surface area contributed by atoms with Crippen LogP contribution in [0, 0.1) is 0 Å². The predicted octanol–water partition coefficient (Wildman–Crippen LogP) is -0.292. The van der Waals surface area contributed by atoms with E-state index in [4.69, 9.17) is 15.0 Å². The first-order chi connectivity index (χ1) is 19.0. The second kappa shape index (κ2) is 9.99. The lowest BCUT2D eigenvalue weighted by atomic mass is 10.0. The number of carbonyl (C=O) groups excluding carboxylic acids is 2. The summed E-state index contributed by atoms with van der Waals surface area (Å²) >= 11 is 1.27. The van der Waals surface area contributed by atoms with Crippen molar-refractivity contribution in [1.29, 1.82) is 0 Å². The topological polar surface area (TPSA) is 228 Å². The van der Waals surface area contributed by atoms with Gasteiger partial charge in [0, 0.05) is 22.8 Å². The van der Waals surface area contributed by atoms with Gasteiger partial charge in [0.25, 0.3) is 11.8 Å². The third kappa shape index (κ3) is 4.81. The average Bonchev–Trinajstić information content (AvgIpc) is 3.55. The maximum atomic E-state index is 13.1. The number of hydrogen-bond donors (Lipinski definition) is 4. The van der Waals surface area contributed by atoms with Gasteiger partial charge >= 0.3 is 18.0 Å². The first kappa shape index (κ1) is 26.7. The number of oxime groups is 1. The van der Waals surface area contributed by atoms with Gasteiger partial charge in [0.05, 0.1) is 6.26 Å². The standard InChI is InChI=1S/C23H21N7O9S/c1-23(2,21(35)36)39-27-13(16-26-22(24)38-28-16)17(31)25-14-18(32)30-15(20(33)34)11(9-40-19(14)30)7-29-5-3-10-4-6-37-12(10)8-29/h3-6,8,14,19H,7,9H2,1-2H3,(H4-,24,25,26,28,31,33,34,35,36)/p+1/t14?,19-/m0/s1. The molecule has 0 aliphatic carbocycles. The quantitative estimate of drug-likeness (QED) is 0.112. The summed E-state index contributed by atoms with van der Waals surface area (Å²) in [5.74, 6) is -4.44. The Morgan fingerprint density at radius 2 is 2.12 bits per heavy atom. The average molecular weight is 573 g/mol. The van der Waals surface area contributed by atoms with Crippen LogP contribution >= 0.6 is 11.8 Å². The molecule has 2 aliphatic heterocycles. The molecule has 17 heteroatoms.